The molecule has 4 rings (SSSR count). The summed E-state index contributed by atoms with van der Waals surface area (Å²) in [5, 5.41) is 0. The molecule has 102 valence electrons. The van der Waals surface area contributed by atoms with Crippen LogP contribution in [0, 0.1) is 11.8 Å². The minimum absolute atomic E-state index is 0.0989. The standard InChI is InChI=1S/C16H12Cl2OS/c17-12-7-11(16(18)20-12)15(19)14-10-6-5-8-3-1-2-4-9(8)13(10)14/h1-4,7,10,13-14H,5-6H2. The molecule has 4 heteroatoms. The molecule has 20 heavy (non-hydrogen) atoms. The summed E-state index contributed by atoms with van der Waals surface area (Å²) >= 11 is 13.3. The van der Waals surface area contributed by atoms with Crippen molar-refractivity contribution in [1.29, 1.82) is 0 Å². The van der Waals surface area contributed by atoms with E-state index >= 15 is 0 Å². The quantitative estimate of drug-likeness (QED) is 0.693. The van der Waals surface area contributed by atoms with Crippen LogP contribution in [0.3, 0.4) is 0 Å². The van der Waals surface area contributed by atoms with Gasteiger partial charge in [0.1, 0.15) is 4.34 Å². The average Bonchev–Trinajstić information content (AvgIpc) is 3.09. The second-order valence-corrected chi connectivity index (χ2v) is 7.84. The first-order valence-corrected chi connectivity index (χ1v) is 8.31. The van der Waals surface area contributed by atoms with Crippen molar-refractivity contribution in [3.05, 3.63) is 55.7 Å². The molecule has 1 saturated carbocycles. The Hall–Kier alpha value is -0.830. The van der Waals surface area contributed by atoms with Crippen LogP contribution in [0.25, 0.3) is 0 Å². The summed E-state index contributed by atoms with van der Waals surface area (Å²) in [5.41, 5.74) is 3.37. The van der Waals surface area contributed by atoms with E-state index in [1.54, 1.807) is 6.07 Å². The molecule has 0 amide bonds. The second-order valence-electron chi connectivity index (χ2n) is 5.56. The molecule has 0 N–H and O–H groups in total. The Morgan fingerprint density at radius 1 is 1.25 bits per heavy atom. The third-order valence-electron chi connectivity index (χ3n) is 4.55. The van der Waals surface area contributed by atoms with Crippen LogP contribution in [0.15, 0.2) is 30.3 Å². The lowest BCUT2D eigenvalue weighted by molar-refractivity contribution is 0.0960. The zero-order valence-electron chi connectivity index (χ0n) is 10.6. The predicted molar refractivity (Wildman–Crippen MR) is 83.2 cm³/mol. The number of aryl methyl sites for hydroxylation is 1. The highest BCUT2D eigenvalue weighted by Gasteiger charge is 2.57. The highest BCUT2D eigenvalue weighted by atomic mass is 35.5. The molecule has 0 spiro atoms. The van der Waals surface area contributed by atoms with E-state index in [1.807, 2.05) is 0 Å². The molecule has 3 unspecified atom stereocenters. The zero-order valence-corrected chi connectivity index (χ0v) is 12.9. The molecule has 2 aliphatic rings. The van der Waals surface area contributed by atoms with Gasteiger partial charge in [0, 0.05) is 11.5 Å². The fraction of sp³-hybridized carbons (Fsp3) is 0.312. The SMILES string of the molecule is O=C(c1cc(Cl)sc1Cl)C1C2CCc3ccccc3C21. The number of benzene rings is 1. The third kappa shape index (κ3) is 1.86. The molecule has 0 saturated heterocycles. The number of ketones is 1. The van der Waals surface area contributed by atoms with E-state index in [9.17, 15) is 4.79 Å². The molecule has 0 aliphatic heterocycles. The van der Waals surface area contributed by atoms with Crippen molar-refractivity contribution in [2.75, 3.05) is 0 Å². The van der Waals surface area contributed by atoms with E-state index in [1.165, 1.54) is 22.5 Å². The van der Waals surface area contributed by atoms with Crippen LogP contribution >= 0.6 is 34.5 Å². The van der Waals surface area contributed by atoms with E-state index in [2.05, 4.69) is 24.3 Å². The summed E-state index contributed by atoms with van der Waals surface area (Å²) in [6, 6.07) is 10.2. The molecule has 1 aromatic carbocycles. The van der Waals surface area contributed by atoms with Gasteiger partial charge in [0.25, 0.3) is 0 Å². The largest absolute Gasteiger partial charge is 0.294 e. The fourth-order valence-corrected chi connectivity index (χ4v) is 5.09. The Morgan fingerprint density at radius 3 is 2.80 bits per heavy atom. The van der Waals surface area contributed by atoms with Crippen LogP contribution in [-0.2, 0) is 6.42 Å². The van der Waals surface area contributed by atoms with Crippen molar-refractivity contribution in [1.82, 2.24) is 0 Å². The van der Waals surface area contributed by atoms with Crippen molar-refractivity contribution in [2.45, 2.75) is 18.8 Å². The number of carbonyl (C=O) groups excluding carboxylic acids is 1. The Labute approximate surface area is 131 Å². The smallest absolute Gasteiger partial charge is 0.169 e. The minimum Gasteiger partial charge on any atom is -0.294 e. The van der Waals surface area contributed by atoms with Crippen LogP contribution in [0.1, 0.15) is 33.8 Å². The van der Waals surface area contributed by atoms with Crippen molar-refractivity contribution in [3.8, 4) is 0 Å². The maximum Gasteiger partial charge on any atom is 0.169 e. The molecular formula is C16H12Cl2OS. The van der Waals surface area contributed by atoms with Gasteiger partial charge in [-0.15, -0.1) is 11.3 Å². The second kappa shape index (κ2) is 4.59. The molecule has 1 fully saturated rings. The Morgan fingerprint density at radius 2 is 2.05 bits per heavy atom. The van der Waals surface area contributed by atoms with Gasteiger partial charge in [0.2, 0.25) is 0 Å². The molecule has 0 radical (unpaired) electrons. The summed E-state index contributed by atoms with van der Waals surface area (Å²) in [6.45, 7) is 0. The van der Waals surface area contributed by atoms with Gasteiger partial charge < -0.3 is 0 Å². The van der Waals surface area contributed by atoms with Gasteiger partial charge in [-0.05, 0) is 41.9 Å². The van der Waals surface area contributed by atoms with Gasteiger partial charge in [0.05, 0.1) is 4.34 Å². The van der Waals surface area contributed by atoms with E-state index < -0.39 is 0 Å². The van der Waals surface area contributed by atoms with E-state index in [0.29, 0.717) is 26.1 Å². The number of rotatable bonds is 2. The number of hydrogen-bond acceptors (Lipinski definition) is 2. The summed E-state index contributed by atoms with van der Waals surface area (Å²) in [6.07, 6.45) is 2.19. The fourth-order valence-electron chi connectivity index (χ4n) is 3.61. The number of halogens is 2. The predicted octanol–water partition coefficient (Wildman–Crippen LogP) is 5.21. The Kier molecular flexibility index (Phi) is 2.95. The van der Waals surface area contributed by atoms with Crippen molar-refractivity contribution in [2.24, 2.45) is 11.8 Å². The first kappa shape index (κ1) is 12.9. The molecule has 1 aromatic heterocycles. The summed E-state index contributed by atoms with van der Waals surface area (Å²) < 4.78 is 1.11. The molecule has 2 aromatic rings. The molecule has 0 bridgehead atoms. The lowest BCUT2D eigenvalue weighted by Gasteiger charge is -2.13. The maximum absolute atomic E-state index is 12.7. The lowest BCUT2D eigenvalue weighted by Crippen LogP contribution is -2.03. The van der Waals surface area contributed by atoms with Crippen LogP contribution in [0.2, 0.25) is 8.67 Å². The van der Waals surface area contributed by atoms with Crippen molar-refractivity contribution >= 4 is 40.3 Å². The number of hydrogen-bond donors (Lipinski definition) is 0. The highest BCUT2D eigenvalue weighted by molar-refractivity contribution is 7.20. The number of fused-ring (bicyclic) bond motifs is 3. The van der Waals surface area contributed by atoms with Crippen LogP contribution in [-0.4, -0.2) is 5.78 Å². The zero-order chi connectivity index (χ0) is 13.9. The third-order valence-corrected chi connectivity index (χ3v) is 6.04. The van der Waals surface area contributed by atoms with E-state index in [4.69, 9.17) is 23.2 Å². The lowest BCUT2D eigenvalue weighted by atomic mass is 9.92. The molecule has 1 nitrogen and oxygen atoms in total. The van der Waals surface area contributed by atoms with Gasteiger partial charge >= 0.3 is 0 Å². The summed E-state index contributed by atoms with van der Waals surface area (Å²) in [5.74, 6) is 1.15. The van der Waals surface area contributed by atoms with Crippen molar-refractivity contribution in [3.63, 3.8) is 0 Å². The number of thiophene rings is 1. The van der Waals surface area contributed by atoms with Gasteiger partial charge in [-0.25, -0.2) is 0 Å². The van der Waals surface area contributed by atoms with Crippen LogP contribution < -0.4 is 0 Å². The molecular weight excluding hydrogens is 311 g/mol. The van der Waals surface area contributed by atoms with Gasteiger partial charge in [-0.3, -0.25) is 4.79 Å². The highest BCUT2D eigenvalue weighted by Crippen LogP contribution is 2.61. The molecule has 2 aliphatic carbocycles. The normalized spacial score (nSPS) is 26.8. The molecule has 1 heterocycles. The minimum atomic E-state index is 0.0989. The Balaban J connectivity index is 1.67. The van der Waals surface area contributed by atoms with Gasteiger partial charge in [-0.2, -0.15) is 0 Å². The van der Waals surface area contributed by atoms with E-state index in [-0.39, 0.29) is 11.7 Å². The van der Waals surface area contributed by atoms with Crippen molar-refractivity contribution < 1.29 is 4.79 Å². The first-order valence-electron chi connectivity index (χ1n) is 6.73. The summed E-state index contributed by atoms with van der Waals surface area (Å²) in [7, 11) is 0. The Bertz CT molecular complexity index is 706. The first-order chi connectivity index (χ1) is 9.66. The van der Waals surface area contributed by atoms with Gasteiger partial charge in [-0.1, -0.05) is 47.5 Å². The van der Waals surface area contributed by atoms with E-state index in [0.717, 1.165) is 12.8 Å². The van der Waals surface area contributed by atoms with Crippen LogP contribution in [0.4, 0.5) is 0 Å². The average molecular weight is 323 g/mol. The monoisotopic (exact) mass is 322 g/mol. The number of Topliss-reactive ketones (excluding diaryl/α,β-unsaturated/α-hetero) is 1. The maximum atomic E-state index is 12.7. The molecule has 3 atom stereocenters. The van der Waals surface area contributed by atoms with Crippen LogP contribution in [0.5, 0.6) is 0 Å². The summed E-state index contributed by atoms with van der Waals surface area (Å²) in [4.78, 5) is 12.7. The number of carbonyl (C=O) groups is 1. The topological polar surface area (TPSA) is 17.1 Å². The van der Waals surface area contributed by atoms with Gasteiger partial charge in [0.15, 0.2) is 5.78 Å².